The second-order valence-corrected chi connectivity index (χ2v) is 6.68. The third kappa shape index (κ3) is 5.65. The monoisotopic (exact) mass is 358 g/mol. The Balaban J connectivity index is 0.00000529. The molecule has 10 heteroatoms. The Bertz CT molecular complexity index is 648. The number of nitrogens with zero attached hydrogens (tertiary/aromatic N) is 3. The molecule has 1 rings (SSSR count). The van der Waals surface area contributed by atoms with Crippen LogP contribution in [0, 0.1) is 45.8 Å². The summed E-state index contributed by atoms with van der Waals surface area (Å²) in [6.07, 6.45) is -0.265. The Kier molecular flexibility index (Phi) is 9.97. The van der Waals surface area contributed by atoms with Crippen LogP contribution in [-0.2, 0) is 18.4 Å². The molecule has 0 radical (unpaired) electrons. The Morgan fingerprint density at radius 1 is 1.29 bits per heavy atom. The van der Waals surface area contributed by atoms with E-state index in [4.69, 9.17) is 19.6 Å². The third-order valence-electron chi connectivity index (χ3n) is 3.06. The Labute approximate surface area is 163 Å². The fourth-order valence-corrected chi connectivity index (χ4v) is 4.15. The Morgan fingerprint density at radius 2 is 1.83 bits per heavy atom. The second kappa shape index (κ2) is 10.5. The van der Waals surface area contributed by atoms with E-state index in [1.807, 2.05) is 6.07 Å². The number of nitriles is 3. The second-order valence-electron chi connectivity index (χ2n) is 4.58. The summed E-state index contributed by atoms with van der Waals surface area (Å²) in [6, 6.07) is 5.17. The van der Waals surface area contributed by atoms with E-state index >= 15 is 0 Å². The van der Waals surface area contributed by atoms with E-state index in [0.717, 1.165) is 0 Å². The van der Waals surface area contributed by atoms with Crippen molar-refractivity contribution in [3.05, 3.63) is 17.2 Å². The van der Waals surface area contributed by atoms with Crippen molar-refractivity contribution in [2.75, 3.05) is 19.4 Å². The first-order valence-corrected chi connectivity index (χ1v) is 8.67. The summed E-state index contributed by atoms with van der Waals surface area (Å²) in [5.74, 6) is -1.18. The van der Waals surface area contributed by atoms with Crippen molar-refractivity contribution in [1.82, 2.24) is 5.32 Å². The Hall–Kier alpha value is -1.30. The summed E-state index contributed by atoms with van der Waals surface area (Å²) in [5.41, 5.74) is -0.499. The number of carbonyl (C=O) groups is 1. The largest absolute Gasteiger partial charge is 1.00 e. The van der Waals surface area contributed by atoms with Crippen molar-refractivity contribution in [2.24, 2.45) is 5.92 Å². The molecule has 0 aromatic heterocycles. The first kappa shape index (κ1) is 22.7. The molecule has 122 valence electrons. The Morgan fingerprint density at radius 3 is 2.25 bits per heavy atom. The van der Waals surface area contributed by atoms with Gasteiger partial charge in [0.1, 0.15) is 0 Å². The molecule has 24 heavy (non-hydrogen) atoms. The van der Waals surface area contributed by atoms with E-state index in [-0.39, 0.29) is 72.5 Å². The molecule has 0 aliphatic carbocycles. The van der Waals surface area contributed by atoms with Crippen molar-refractivity contribution >= 4 is 13.5 Å². The predicted octanol–water partition coefficient (Wildman–Crippen LogP) is -1.21. The molecule has 0 saturated carbocycles. The summed E-state index contributed by atoms with van der Waals surface area (Å²) in [6.45, 7) is 3.62. The minimum absolute atomic E-state index is 0. The molecular weight excluding hydrogens is 342 g/mol. The fourth-order valence-electron chi connectivity index (χ4n) is 2.23. The predicted molar refractivity (Wildman–Crippen MR) is 79.1 cm³/mol. The van der Waals surface area contributed by atoms with E-state index in [1.165, 1.54) is 0 Å². The SMILES string of the molecule is CCOP(=O)(CC1CC(=O)NC(=C(C#N)C#N)[C-]1C#N)OCC.[Na+]. The molecule has 1 aliphatic heterocycles. The number of hydrogen-bond acceptors (Lipinski definition) is 7. The maximum Gasteiger partial charge on any atom is 1.00 e. The van der Waals surface area contributed by atoms with Gasteiger partial charge in [0.25, 0.3) is 0 Å². The summed E-state index contributed by atoms with van der Waals surface area (Å²) < 4.78 is 23.0. The molecule has 0 aromatic rings. The summed E-state index contributed by atoms with van der Waals surface area (Å²) >= 11 is 0. The molecule has 1 amide bonds. The van der Waals surface area contributed by atoms with Crippen LogP contribution in [0.2, 0.25) is 0 Å². The zero-order chi connectivity index (χ0) is 17.5. The average molecular weight is 358 g/mol. The van der Waals surface area contributed by atoms with Crippen LogP contribution in [0.25, 0.3) is 0 Å². The zero-order valence-electron chi connectivity index (χ0n) is 13.8. The van der Waals surface area contributed by atoms with Crippen LogP contribution in [0.15, 0.2) is 11.3 Å². The van der Waals surface area contributed by atoms with Crippen LogP contribution in [0.3, 0.4) is 0 Å². The minimum atomic E-state index is -3.48. The number of allylic oxidation sites excluding steroid dienone is 2. The number of amides is 1. The van der Waals surface area contributed by atoms with Crippen LogP contribution in [-0.4, -0.2) is 25.3 Å². The molecule has 1 heterocycles. The van der Waals surface area contributed by atoms with Gasteiger partial charge in [0.05, 0.1) is 13.2 Å². The fraction of sp³-hybridized carbons (Fsp3) is 0.500. The third-order valence-corrected chi connectivity index (χ3v) is 5.25. The van der Waals surface area contributed by atoms with E-state index in [9.17, 15) is 14.6 Å². The zero-order valence-corrected chi connectivity index (χ0v) is 16.7. The van der Waals surface area contributed by atoms with Gasteiger partial charge in [-0.1, -0.05) is 17.5 Å². The van der Waals surface area contributed by atoms with Crippen molar-refractivity contribution in [3.63, 3.8) is 0 Å². The van der Waals surface area contributed by atoms with E-state index in [1.54, 1.807) is 26.0 Å². The van der Waals surface area contributed by atoms with Gasteiger partial charge in [0.15, 0.2) is 0 Å². The van der Waals surface area contributed by atoms with Gasteiger partial charge in [-0.3, -0.25) is 9.36 Å². The number of carbonyl (C=O) groups excluding carboxylic acids is 1. The molecule has 0 aromatic carbocycles. The molecule has 1 atom stereocenters. The van der Waals surface area contributed by atoms with Crippen LogP contribution in [0.1, 0.15) is 20.3 Å². The van der Waals surface area contributed by atoms with Gasteiger partial charge >= 0.3 is 37.2 Å². The number of nitrogens with one attached hydrogen (secondary N) is 1. The maximum absolute atomic E-state index is 12.6. The van der Waals surface area contributed by atoms with Crippen molar-refractivity contribution in [3.8, 4) is 18.2 Å². The standard InChI is InChI=1S/C14H16N4O4P.Na/c1-3-21-23(20,22-4-2)9-10-5-13(19)18-14(12(10)8-17)11(6-15)7-16;/h10H,3-5,9H2,1-2H3,(H,18,19);/q-1;+1. The van der Waals surface area contributed by atoms with Gasteiger partial charge in [-0.15, -0.1) is 0 Å². The van der Waals surface area contributed by atoms with Crippen molar-refractivity contribution in [1.29, 1.82) is 15.8 Å². The molecular formula is C14H16N4NaO4P. The van der Waals surface area contributed by atoms with Crippen LogP contribution < -0.4 is 34.9 Å². The van der Waals surface area contributed by atoms with E-state index < -0.39 is 19.4 Å². The van der Waals surface area contributed by atoms with Gasteiger partial charge in [-0.2, -0.15) is 0 Å². The van der Waals surface area contributed by atoms with Gasteiger partial charge < -0.3 is 14.4 Å². The van der Waals surface area contributed by atoms with Gasteiger partial charge in [-0.25, -0.2) is 15.8 Å². The molecule has 0 spiro atoms. The van der Waals surface area contributed by atoms with Gasteiger partial charge in [-0.05, 0) is 19.9 Å². The van der Waals surface area contributed by atoms with Gasteiger partial charge in [0.2, 0.25) is 5.91 Å². The van der Waals surface area contributed by atoms with Crippen molar-refractivity contribution in [2.45, 2.75) is 20.3 Å². The maximum atomic E-state index is 12.6. The molecule has 1 unspecified atom stereocenters. The normalized spacial score (nSPS) is 17.0. The first-order chi connectivity index (χ1) is 10.9. The van der Waals surface area contributed by atoms with Crippen LogP contribution in [0.4, 0.5) is 0 Å². The van der Waals surface area contributed by atoms with Gasteiger partial charge in [0, 0.05) is 30.3 Å². The summed E-state index contributed by atoms with van der Waals surface area (Å²) in [5, 5.41) is 29.6. The van der Waals surface area contributed by atoms with E-state index in [0.29, 0.717) is 0 Å². The molecule has 1 N–H and O–H groups in total. The van der Waals surface area contributed by atoms with Crippen LogP contribution >= 0.6 is 7.60 Å². The topological polar surface area (TPSA) is 136 Å². The number of rotatable bonds is 6. The smallest absolute Gasteiger partial charge is 0.357 e. The number of hydrogen-bond donors (Lipinski definition) is 1. The molecule has 1 fully saturated rings. The quantitative estimate of drug-likeness (QED) is 0.272. The minimum Gasteiger partial charge on any atom is -0.357 e. The summed E-state index contributed by atoms with van der Waals surface area (Å²) in [7, 11) is -3.48. The van der Waals surface area contributed by atoms with E-state index in [2.05, 4.69) is 5.32 Å². The molecule has 8 nitrogen and oxygen atoms in total. The molecule has 0 bridgehead atoms. The average Bonchev–Trinajstić information content (AvgIpc) is 2.48. The van der Waals surface area contributed by atoms with Crippen molar-refractivity contribution < 1.29 is 48.0 Å². The van der Waals surface area contributed by atoms with Crippen LogP contribution in [0.5, 0.6) is 0 Å². The summed E-state index contributed by atoms with van der Waals surface area (Å²) in [4.78, 5) is 11.8. The molecule has 1 saturated heterocycles. The first-order valence-electron chi connectivity index (χ1n) is 6.94. The number of piperidine rings is 1. The molecule has 1 aliphatic rings.